The van der Waals surface area contributed by atoms with Crippen molar-refractivity contribution in [2.75, 3.05) is 6.61 Å². The van der Waals surface area contributed by atoms with Crippen molar-refractivity contribution in [1.82, 2.24) is 0 Å². The third-order valence-corrected chi connectivity index (χ3v) is 0.712. The SMILES string of the molecule is CC(C)/N=C\C=C/CO. The maximum Gasteiger partial charge on any atom is 0.0616 e. The molecule has 2 heteroatoms. The molecule has 0 aliphatic heterocycles. The average molecular weight is 127 g/mol. The fraction of sp³-hybridized carbons (Fsp3) is 0.571. The van der Waals surface area contributed by atoms with Gasteiger partial charge >= 0.3 is 0 Å². The number of allylic oxidation sites excluding steroid dienone is 1. The van der Waals surface area contributed by atoms with E-state index in [1.54, 1.807) is 18.4 Å². The topological polar surface area (TPSA) is 32.6 Å². The van der Waals surface area contributed by atoms with Crippen molar-refractivity contribution >= 4 is 6.21 Å². The molecule has 0 saturated heterocycles. The lowest BCUT2D eigenvalue weighted by Gasteiger charge is -1.89. The predicted octanol–water partition coefficient (Wildman–Crippen LogP) is 1.01. The van der Waals surface area contributed by atoms with Gasteiger partial charge in [-0.3, -0.25) is 4.99 Å². The van der Waals surface area contributed by atoms with Crippen LogP contribution in [0.1, 0.15) is 13.8 Å². The average Bonchev–Trinajstić information content (AvgIpc) is 1.80. The Labute approximate surface area is 55.9 Å². The summed E-state index contributed by atoms with van der Waals surface area (Å²) < 4.78 is 0. The van der Waals surface area contributed by atoms with E-state index in [9.17, 15) is 0 Å². The predicted molar refractivity (Wildman–Crippen MR) is 39.9 cm³/mol. The van der Waals surface area contributed by atoms with Crippen LogP contribution in [-0.2, 0) is 0 Å². The smallest absolute Gasteiger partial charge is 0.0616 e. The van der Waals surface area contributed by atoms with E-state index in [1.165, 1.54) is 0 Å². The van der Waals surface area contributed by atoms with Crippen molar-refractivity contribution in [3.63, 3.8) is 0 Å². The van der Waals surface area contributed by atoms with Crippen molar-refractivity contribution in [2.45, 2.75) is 19.9 Å². The van der Waals surface area contributed by atoms with Crippen LogP contribution in [0.4, 0.5) is 0 Å². The first-order valence-electron chi connectivity index (χ1n) is 3.06. The lowest BCUT2D eigenvalue weighted by molar-refractivity contribution is 0.343. The molecule has 0 heterocycles. The minimum atomic E-state index is 0.0874. The molecule has 0 aliphatic rings. The zero-order valence-corrected chi connectivity index (χ0v) is 5.91. The molecule has 1 N–H and O–H groups in total. The summed E-state index contributed by atoms with van der Waals surface area (Å²) in [5.74, 6) is 0. The molecular formula is C7H13NO. The minimum absolute atomic E-state index is 0.0874. The number of hydrogen-bond acceptors (Lipinski definition) is 2. The fourth-order valence-electron chi connectivity index (χ4n) is 0.344. The van der Waals surface area contributed by atoms with Crippen LogP contribution in [0, 0.1) is 0 Å². The molecule has 0 aliphatic carbocycles. The lowest BCUT2D eigenvalue weighted by atomic mass is 10.4. The molecular weight excluding hydrogens is 114 g/mol. The molecule has 0 spiro atoms. The van der Waals surface area contributed by atoms with Crippen LogP contribution in [0.15, 0.2) is 17.1 Å². The first-order chi connectivity index (χ1) is 4.27. The Hall–Kier alpha value is -0.630. The number of aliphatic hydroxyl groups is 1. The van der Waals surface area contributed by atoms with Crippen LogP contribution in [-0.4, -0.2) is 24.0 Å². The molecule has 0 unspecified atom stereocenters. The number of aliphatic hydroxyl groups excluding tert-OH is 1. The normalized spacial score (nSPS) is 12.4. The quantitative estimate of drug-likeness (QED) is 0.564. The Morgan fingerprint density at radius 3 is 2.67 bits per heavy atom. The Kier molecular flexibility index (Phi) is 5.12. The highest BCUT2D eigenvalue weighted by molar-refractivity contribution is 5.71. The summed E-state index contributed by atoms with van der Waals surface area (Å²) in [4.78, 5) is 4.04. The third-order valence-electron chi connectivity index (χ3n) is 0.712. The summed E-state index contributed by atoms with van der Waals surface area (Å²) in [5, 5.41) is 8.28. The number of aliphatic imine (C=N–C) groups is 1. The van der Waals surface area contributed by atoms with Gasteiger partial charge in [0.2, 0.25) is 0 Å². The van der Waals surface area contributed by atoms with E-state index in [1.807, 2.05) is 13.8 Å². The highest BCUT2D eigenvalue weighted by atomic mass is 16.2. The zero-order chi connectivity index (χ0) is 7.11. The van der Waals surface area contributed by atoms with E-state index in [0.29, 0.717) is 6.04 Å². The largest absolute Gasteiger partial charge is 0.392 e. The van der Waals surface area contributed by atoms with E-state index in [0.717, 1.165) is 0 Å². The number of nitrogens with zero attached hydrogens (tertiary/aromatic N) is 1. The van der Waals surface area contributed by atoms with Crippen molar-refractivity contribution in [3.05, 3.63) is 12.2 Å². The maximum absolute atomic E-state index is 8.28. The third kappa shape index (κ3) is 7.37. The van der Waals surface area contributed by atoms with Gasteiger partial charge in [0.05, 0.1) is 6.61 Å². The van der Waals surface area contributed by atoms with E-state index < -0.39 is 0 Å². The Balaban J connectivity index is 3.35. The Morgan fingerprint density at radius 2 is 2.22 bits per heavy atom. The van der Waals surface area contributed by atoms with Gasteiger partial charge in [0.25, 0.3) is 0 Å². The molecule has 0 aromatic heterocycles. The van der Waals surface area contributed by atoms with Crippen LogP contribution in [0.5, 0.6) is 0 Å². The lowest BCUT2D eigenvalue weighted by Crippen LogP contribution is -1.86. The van der Waals surface area contributed by atoms with Gasteiger partial charge in [-0.25, -0.2) is 0 Å². The van der Waals surface area contributed by atoms with Crippen LogP contribution in [0.3, 0.4) is 0 Å². The molecule has 0 radical (unpaired) electrons. The number of hydrogen-bond donors (Lipinski definition) is 1. The summed E-state index contributed by atoms with van der Waals surface area (Å²) in [7, 11) is 0. The van der Waals surface area contributed by atoms with E-state index in [2.05, 4.69) is 4.99 Å². The van der Waals surface area contributed by atoms with Crippen LogP contribution >= 0.6 is 0 Å². The van der Waals surface area contributed by atoms with Crippen molar-refractivity contribution in [3.8, 4) is 0 Å². The molecule has 0 aromatic rings. The molecule has 9 heavy (non-hydrogen) atoms. The molecule has 0 bridgehead atoms. The summed E-state index contributed by atoms with van der Waals surface area (Å²) in [6.45, 7) is 4.09. The van der Waals surface area contributed by atoms with Gasteiger partial charge in [0, 0.05) is 12.3 Å². The summed E-state index contributed by atoms with van der Waals surface area (Å²) in [6.07, 6.45) is 5.08. The molecule has 0 rings (SSSR count). The summed E-state index contributed by atoms with van der Waals surface area (Å²) in [6, 6.07) is 0.341. The van der Waals surface area contributed by atoms with Gasteiger partial charge in [0.15, 0.2) is 0 Å². The monoisotopic (exact) mass is 127 g/mol. The van der Waals surface area contributed by atoms with Gasteiger partial charge in [-0.15, -0.1) is 0 Å². The minimum Gasteiger partial charge on any atom is -0.392 e. The van der Waals surface area contributed by atoms with Gasteiger partial charge in [-0.1, -0.05) is 6.08 Å². The molecule has 52 valence electrons. The zero-order valence-electron chi connectivity index (χ0n) is 5.91. The fourth-order valence-corrected chi connectivity index (χ4v) is 0.344. The van der Waals surface area contributed by atoms with Crippen molar-refractivity contribution in [1.29, 1.82) is 0 Å². The maximum atomic E-state index is 8.28. The Morgan fingerprint density at radius 1 is 1.56 bits per heavy atom. The molecule has 0 saturated carbocycles. The van der Waals surface area contributed by atoms with Gasteiger partial charge in [-0.2, -0.15) is 0 Å². The first-order valence-corrected chi connectivity index (χ1v) is 3.06. The molecule has 2 nitrogen and oxygen atoms in total. The van der Waals surface area contributed by atoms with Crippen molar-refractivity contribution < 1.29 is 5.11 Å². The van der Waals surface area contributed by atoms with Crippen LogP contribution < -0.4 is 0 Å². The van der Waals surface area contributed by atoms with E-state index in [4.69, 9.17) is 5.11 Å². The second-order valence-corrected chi connectivity index (χ2v) is 2.00. The van der Waals surface area contributed by atoms with Crippen LogP contribution in [0.25, 0.3) is 0 Å². The van der Waals surface area contributed by atoms with Gasteiger partial charge in [0.1, 0.15) is 0 Å². The highest BCUT2D eigenvalue weighted by Crippen LogP contribution is 1.82. The second-order valence-electron chi connectivity index (χ2n) is 2.00. The summed E-state index contributed by atoms with van der Waals surface area (Å²) >= 11 is 0. The van der Waals surface area contributed by atoms with Gasteiger partial charge in [-0.05, 0) is 19.9 Å². The second kappa shape index (κ2) is 5.51. The molecule has 0 amide bonds. The van der Waals surface area contributed by atoms with E-state index in [-0.39, 0.29) is 6.61 Å². The Bertz CT molecular complexity index is 105. The summed E-state index contributed by atoms with van der Waals surface area (Å²) in [5.41, 5.74) is 0. The molecule has 0 fully saturated rings. The standard InChI is InChI=1S/C7H13NO/c1-7(2)8-5-3-4-6-9/h3-5,7,9H,6H2,1-2H3/b4-3-,8-5-. The molecule has 0 aromatic carbocycles. The highest BCUT2D eigenvalue weighted by Gasteiger charge is 1.78. The number of rotatable bonds is 3. The first kappa shape index (κ1) is 8.37. The van der Waals surface area contributed by atoms with E-state index >= 15 is 0 Å². The van der Waals surface area contributed by atoms with Gasteiger partial charge < -0.3 is 5.11 Å². The van der Waals surface area contributed by atoms with Crippen LogP contribution in [0.2, 0.25) is 0 Å². The molecule has 0 atom stereocenters. The van der Waals surface area contributed by atoms with Crippen molar-refractivity contribution in [2.24, 2.45) is 4.99 Å².